The molecule has 2 nitrogen and oxygen atoms in total. The molecule has 0 aliphatic heterocycles. The van der Waals surface area contributed by atoms with E-state index in [9.17, 15) is 5.26 Å². The lowest BCUT2D eigenvalue weighted by molar-refractivity contribution is 0.784. The van der Waals surface area contributed by atoms with E-state index in [-0.39, 0.29) is 0 Å². The largest absolute Gasteiger partial charge is 0.246 e. The minimum absolute atomic E-state index is 0.354. The Balaban J connectivity index is 1.30. The lowest BCUT2D eigenvalue weighted by Gasteiger charge is -2.31. The molecule has 1 aromatic heterocycles. The van der Waals surface area contributed by atoms with Gasteiger partial charge in [0.15, 0.2) is 0 Å². The molecule has 2 heteroatoms. The third-order valence-electron chi connectivity index (χ3n) is 10.9. The van der Waals surface area contributed by atoms with Crippen LogP contribution in [-0.2, 0) is 5.41 Å². The van der Waals surface area contributed by atoms with E-state index < -0.39 is 5.41 Å². The van der Waals surface area contributed by atoms with Crippen LogP contribution in [-0.4, -0.2) is 4.98 Å². The predicted octanol–water partition coefficient (Wildman–Crippen LogP) is 11.4. The number of allylic oxidation sites excluding steroid dienone is 4. The maximum Gasteiger partial charge on any atom is 0.141 e. The quantitative estimate of drug-likeness (QED) is 0.197. The molecule has 1 unspecified atom stereocenters. The molecular formula is C47H30N2. The summed E-state index contributed by atoms with van der Waals surface area (Å²) in [5.74, 6) is 0.354. The average Bonchev–Trinajstić information content (AvgIpc) is 3.65. The zero-order chi connectivity index (χ0) is 32.5. The number of rotatable bonds is 3. The number of hydrogen-bond acceptors (Lipinski definition) is 2. The number of nitriles is 1. The molecule has 3 aliphatic carbocycles. The number of aromatic nitrogens is 1. The Labute approximate surface area is 286 Å². The first kappa shape index (κ1) is 27.8. The summed E-state index contributed by atoms with van der Waals surface area (Å²) in [5.41, 5.74) is 16.4. The van der Waals surface area contributed by atoms with Gasteiger partial charge in [0, 0.05) is 12.1 Å². The van der Waals surface area contributed by atoms with E-state index in [2.05, 4.69) is 157 Å². The van der Waals surface area contributed by atoms with E-state index in [0.717, 1.165) is 23.1 Å². The monoisotopic (exact) mass is 622 g/mol. The second-order valence-corrected chi connectivity index (χ2v) is 13.3. The molecular weight excluding hydrogens is 593 g/mol. The molecule has 1 atom stereocenters. The van der Waals surface area contributed by atoms with Gasteiger partial charge in [0.1, 0.15) is 11.8 Å². The normalized spacial score (nSPS) is 15.9. The van der Waals surface area contributed by atoms with Crippen molar-refractivity contribution in [3.63, 3.8) is 0 Å². The molecule has 49 heavy (non-hydrogen) atoms. The Morgan fingerprint density at radius 1 is 0.571 bits per heavy atom. The van der Waals surface area contributed by atoms with Crippen molar-refractivity contribution in [2.45, 2.75) is 17.8 Å². The molecule has 7 aromatic rings. The average molecular weight is 623 g/mol. The highest BCUT2D eigenvalue weighted by Crippen LogP contribution is 2.64. The fraction of sp³-hybridized carbons (Fsp3) is 0.0638. The summed E-state index contributed by atoms with van der Waals surface area (Å²) in [6.07, 6.45) is 11.7. The molecule has 0 saturated carbocycles. The van der Waals surface area contributed by atoms with Crippen molar-refractivity contribution in [1.29, 1.82) is 5.26 Å². The number of benzene rings is 6. The lowest BCUT2D eigenvalue weighted by atomic mass is 9.69. The van der Waals surface area contributed by atoms with Crippen molar-refractivity contribution >= 4 is 10.8 Å². The molecule has 3 aliphatic rings. The van der Waals surface area contributed by atoms with Crippen molar-refractivity contribution < 1.29 is 0 Å². The van der Waals surface area contributed by atoms with Gasteiger partial charge in [-0.1, -0.05) is 133 Å². The third-order valence-corrected chi connectivity index (χ3v) is 10.9. The summed E-state index contributed by atoms with van der Waals surface area (Å²) in [5, 5.41) is 12.0. The topological polar surface area (TPSA) is 36.7 Å². The van der Waals surface area contributed by atoms with Crippen LogP contribution in [0, 0.1) is 11.3 Å². The van der Waals surface area contributed by atoms with E-state index in [1.54, 1.807) is 6.20 Å². The molecule has 0 saturated heterocycles. The predicted molar refractivity (Wildman–Crippen MR) is 199 cm³/mol. The van der Waals surface area contributed by atoms with Crippen molar-refractivity contribution in [3.05, 3.63) is 197 Å². The summed E-state index contributed by atoms with van der Waals surface area (Å²) in [7, 11) is 0. The van der Waals surface area contributed by atoms with Gasteiger partial charge in [-0.2, -0.15) is 5.26 Å². The van der Waals surface area contributed by atoms with Crippen LogP contribution in [0.2, 0.25) is 0 Å². The van der Waals surface area contributed by atoms with Gasteiger partial charge >= 0.3 is 0 Å². The van der Waals surface area contributed by atoms with Gasteiger partial charge in [0.25, 0.3) is 0 Å². The maximum atomic E-state index is 9.54. The number of hydrogen-bond donors (Lipinski definition) is 0. The Kier molecular flexibility index (Phi) is 6.01. The van der Waals surface area contributed by atoms with Gasteiger partial charge in [-0.3, -0.25) is 0 Å². The third kappa shape index (κ3) is 3.91. The number of pyridine rings is 1. The summed E-state index contributed by atoms with van der Waals surface area (Å²) in [4.78, 5) is 4.21. The first-order valence-electron chi connectivity index (χ1n) is 17.0. The van der Waals surface area contributed by atoms with E-state index in [1.807, 2.05) is 12.1 Å². The highest BCUT2D eigenvalue weighted by molar-refractivity contribution is 6.11. The molecule has 228 valence electrons. The van der Waals surface area contributed by atoms with Gasteiger partial charge in [0.05, 0.1) is 5.41 Å². The standard InChI is InChI=1S/C47H30N2/c48-29-35-26-33(23-24-49-35)31-13-10-14-34(25-31)41-28-45-46(39-18-5-4-15-36(39)41)40-22-21-32(30-11-2-1-3-12-30)27-44(40)47(45)42-19-8-6-16-37(42)38-17-7-9-20-43(38)47/h1-11,13-28,30H,12H2. The van der Waals surface area contributed by atoms with E-state index in [1.165, 1.54) is 66.4 Å². The Morgan fingerprint density at radius 3 is 2.08 bits per heavy atom. The zero-order valence-corrected chi connectivity index (χ0v) is 26.8. The maximum absolute atomic E-state index is 9.54. The first-order valence-corrected chi connectivity index (χ1v) is 17.0. The molecule has 0 amide bonds. The van der Waals surface area contributed by atoms with Crippen LogP contribution in [0.15, 0.2) is 164 Å². The molecule has 0 fully saturated rings. The molecule has 0 radical (unpaired) electrons. The van der Waals surface area contributed by atoms with Crippen LogP contribution in [0.1, 0.15) is 45.8 Å². The second kappa shape index (κ2) is 10.6. The Hall–Kier alpha value is -6.30. The minimum atomic E-state index is -0.453. The summed E-state index contributed by atoms with van der Waals surface area (Å²) in [6, 6.07) is 51.5. The van der Waals surface area contributed by atoms with Gasteiger partial charge in [0.2, 0.25) is 0 Å². The van der Waals surface area contributed by atoms with Crippen molar-refractivity contribution in [1.82, 2.24) is 4.98 Å². The van der Waals surface area contributed by atoms with Crippen LogP contribution >= 0.6 is 0 Å². The second-order valence-electron chi connectivity index (χ2n) is 13.3. The summed E-state index contributed by atoms with van der Waals surface area (Å²) < 4.78 is 0. The molecule has 0 bridgehead atoms. The van der Waals surface area contributed by atoms with Gasteiger partial charge in [-0.05, 0) is 114 Å². The van der Waals surface area contributed by atoms with Crippen LogP contribution in [0.4, 0.5) is 0 Å². The molecule has 1 heterocycles. The number of nitrogens with zero attached hydrogens (tertiary/aromatic N) is 2. The van der Waals surface area contributed by atoms with Gasteiger partial charge in [-0.15, -0.1) is 0 Å². The van der Waals surface area contributed by atoms with Crippen LogP contribution in [0.3, 0.4) is 0 Å². The lowest BCUT2D eigenvalue weighted by Crippen LogP contribution is -2.26. The van der Waals surface area contributed by atoms with Gasteiger partial charge < -0.3 is 0 Å². The molecule has 1 spiro atoms. The van der Waals surface area contributed by atoms with Crippen LogP contribution in [0.5, 0.6) is 0 Å². The van der Waals surface area contributed by atoms with Gasteiger partial charge in [-0.25, -0.2) is 4.98 Å². The van der Waals surface area contributed by atoms with Crippen molar-refractivity contribution in [2.75, 3.05) is 0 Å². The van der Waals surface area contributed by atoms with Crippen molar-refractivity contribution in [2.24, 2.45) is 0 Å². The summed E-state index contributed by atoms with van der Waals surface area (Å²) >= 11 is 0. The Bertz CT molecular complexity index is 2570. The fourth-order valence-corrected chi connectivity index (χ4v) is 8.85. The minimum Gasteiger partial charge on any atom is -0.246 e. The fourth-order valence-electron chi connectivity index (χ4n) is 8.85. The summed E-state index contributed by atoms with van der Waals surface area (Å²) in [6.45, 7) is 0. The first-order chi connectivity index (χ1) is 24.3. The molecule has 10 rings (SSSR count). The van der Waals surface area contributed by atoms with E-state index in [0.29, 0.717) is 11.6 Å². The zero-order valence-electron chi connectivity index (χ0n) is 26.8. The number of fused-ring (bicyclic) bond motifs is 12. The van der Waals surface area contributed by atoms with Crippen LogP contribution in [0.25, 0.3) is 55.3 Å². The molecule has 0 N–H and O–H groups in total. The highest BCUT2D eigenvalue weighted by Gasteiger charge is 2.52. The van der Waals surface area contributed by atoms with E-state index >= 15 is 0 Å². The van der Waals surface area contributed by atoms with Crippen LogP contribution < -0.4 is 0 Å². The smallest absolute Gasteiger partial charge is 0.141 e. The van der Waals surface area contributed by atoms with E-state index in [4.69, 9.17) is 0 Å². The highest BCUT2D eigenvalue weighted by atomic mass is 14.7. The van der Waals surface area contributed by atoms with Crippen molar-refractivity contribution in [3.8, 4) is 50.6 Å². The Morgan fingerprint density at radius 2 is 1.31 bits per heavy atom. The SMILES string of the molecule is N#Cc1cc(-c2cccc(-c3cc4c(c5ccccc35)-c3ccc(C5C=CC=CC5)cc3C43c4ccccc4-c4ccccc43)c2)ccn1. The molecule has 6 aromatic carbocycles.